The summed E-state index contributed by atoms with van der Waals surface area (Å²) in [5.41, 5.74) is 1.09. The molecule has 0 unspecified atom stereocenters. The molecule has 2 heterocycles. The Bertz CT molecular complexity index is 438. The summed E-state index contributed by atoms with van der Waals surface area (Å²) in [5, 5.41) is 10.5. The Morgan fingerprint density at radius 3 is 3.06 bits per heavy atom. The first-order valence-corrected chi connectivity index (χ1v) is 5.73. The van der Waals surface area contributed by atoms with Crippen molar-refractivity contribution in [1.29, 1.82) is 0 Å². The van der Waals surface area contributed by atoms with Gasteiger partial charge in [0, 0.05) is 50.5 Å². The third-order valence-corrected chi connectivity index (χ3v) is 2.47. The van der Waals surface area contributed by atoms with E-state index in [0.717, 1.165) is 31.0 Å². The van der Waals surface area contributed by atoms with Crippen LogP contribution in [0.2, 0.25) is 0 Å². The lowest BCUT2D eigenvalue weighted by Gasteiger charge is -2.07. The van der Waals surface area contributed by atoms with Gasteiger partial charge in [-0.15, -0.1) is 0 Å². The first-order valence-electron chi connectivity index (χ1n) is 5.73. The minimum Gasteiger partial charge on any atom is -0.385 e. The summed E-state index contributed by atoms with van der Waals surface area (Å²) in [6.45, 7) is 1.86. The molecule has 0 aliphatic carbocycles. The summed E-state index contributed by atoms with van der Waals surface area (Å²) >= 11 is 0. The van der Waals surface area contributed by atoms with Crippen molar-refractivity contribution in [3.05, 3.63) is 36.8 Å². The van der Waals surface area contributed by atoms with Crippen LogP contribution in [0.4, 0.5) is 11.5 Å². The molecule has 0 radical (unpaired) electrons. The molecule has 0 fully saturated rings. The highest BCUT2D eigenvalue weighted by atomic mass is 15.3. The fourth-order valence-electron chi connectivity index (χ4n) is 1.58. The smallest absolute Gasteiger partial charge is 0.127 e. The Morgan fingerprint density at radius 2 is 2.29 bits per heavy atom. The maximum Gasteiger partial charge on any atom is 0.127 e. The maximum absolute atomic E-state index is 4.16. The minimum absolute atomic E-state index is 0.877. The van der Waals surface area contributed by atoms with Gasteiger partial charge in [-0.3, -0.25) is 4.68 Å². The average molecular weight is 231 g/mol. The molecule has 17 heavy (non-hydrogen) atoms. The van der Waals surface area contributed by atoms with Crippen molar-refractivity contribution < 1.29 is 0 Å². The Balaban J connectivity index is 1.74. The first kappa shape index (κ1) is 11.4. The van der Waals surface area contributed by atoms with Crippen LogP contribution in [0.15, 0.2) is 36.8 Å². The van der Waals surface area contributed by atoms with Crippen LogP contribution in [0.1, 0.15) is 6.42 Å². The van der Waals surface area contributed by atoms with E-state index in [1.165, 1.54) is 0 Å². The molecule has 90 valence electrons. The molecule has 0 amide bonds. The zero-order valence-corrected chi connectivity index (χ0v) is 9.93. The van der Waals surface area contributed by atoms with E-state index < -0.39 is 0 Å². The number of nitrogens with one attached hydrogen (secondary N) is 2. The number of hydrogen-bond acceptors (Lipinski definition) is 4. The Hall–Kier alpha value is -2.04. The summed E-state index contributed by atoms with van der Waals surface area (Å²) in [4.78, 5) is 4.16. The van der Waals surface area contributed by atoms with Gasteiger partial charge >= 0.3 is 0 Å². The van der Waals surface area contributed by atoms with Crippen LogP contribution in [0.5, 0.6) is 0 Å². The third kappa shape index (κ3) is 3.48. The van der Waals surface area contributed by atoms with E-state index in [4.69, 9.17) is 0 Å². The fourth-order valence-corrected chi connectivity index (χ4v) is 1.58. The van der Waals surface area contributed by atoms with Gasteiger partial charge in [0.1, 0.15) is 5.82 Å². The van der Waals surface area contributed by atoms with Crippen LogP contribution in [-0.4, -0.2) is 28.4 Å². The van der Waals surface area contributed by atoms with Gasteiger partial charge in [-0.05, 0) is 18.6 Å². The molecule has 0 saturated heterocycles. The van der Waals surface area contributed by atoms with Crippen molar-refractivity contribution in [3.8, 4) is 0 Å². The van der Waals surface area contributed by atoms with Crippen molar-refractivity contribution in [1.82, 2.24) is 14.8 Å². The molecule has 5 heteroatoms. The van der Waals surface area contributed by atoms with Gasteiger partial charge < -0.3 is 10.6 Å². The van der Waals surface area contributed by atoms with Gasteiger partial charge in [0.05, 0.1) is 0 Å². The van der Waals surface area contributed by atoms with Gasteiger partial charge in [0.2, 0.25) is 0 Å². The zero-order chi connectivity index (χ0) is 11.9. The predicted octanol–water partition coefficient (Wildman–Crippen LogP) is 1.82. The van der Waals surface area contributed by atoms with Crippen LogP contribution in [0, 0.1) is 0 Å². The number of aromatic nitrogens is 3. The van der Waals surface area contributed by atoms with E-state index >= 15 is 0 Å². The van der Waals surface area contributed by atoms with E-state index in [1.54, 1.807) is 12.4 Å². The molecule has 0 saturated carbocycles. The molecule has 0 aromatic carbocycles. The highest BCUT2D eigenvalue weighted by Crippen LogP contribution is 2.10. The normalized spacial score (nSPS) is 10.2. The van der Waals surface area contributed by atoms with Gasteiger partial charge in [0.25, 0.3) is 0 Å². The van der Waals surface area contributed by atoms with Crippen molar-refractivity contribution >= 4 is 11.5 Å². The Morgan fingerprint density at radius 1 is 1.35 bits per heavy atom. The monoisotopic (exact) mass is 231 g/mol. The highest BCUT2D eigenvalue weighted by Gasteiger charge is 1.95. The lowest BCUT2D eigenvalue weighted by Crippen LogP contribution is -2.07. The van der Waals surface area contributed by atoms with Crippen LogP contribution < -0.4 is 10.6 Å². The van der Waals surface area contributed by atoms with E-state index in [0.29, 0.717) is 0 Å². The van der Waals surface area contributed by atoms with Crippen LogP contribution >= 0.6 is 0 Å². The number of rotatable bonds is 6. The van der Waals surface area contributed by atoms with Gasteiger partial charge in [-0.1, -0.05) is 0 Å². The average Bonchev–Trinajstić information content (AvgIpc) is 2.88. The second-order valence-corrected chi connectivity index (χ2v) is 3.73. The van der Waals surface area contributed by atoms with Crippen molar-refractivity contribution in [2.75, 3.05) is 24.2 Å². The van der Waals surface area contributed by atoms with Gasteiger partial charge in [-0.25, -0.2) is 4.98 Å². The Labute approximate surface area is 101 Å². The molecule has 0 atom stereocenters. The standard InChI is InChI=1S/C12H17N5/c1-13-12-10-11(4-7-15-12)14-5-2-8-17-9-3-6-16-17/h3-4,6-7,9-10H,2,5,8H2,1H3,(H2,13,14,15). The Kier molecular flexibility index (Phi) is 3.96. The second-order valence-electron chi connectivity index (χ2n) is 3.73. The quantitative estimate of drug-likeness (QED) is 0.745. The zero-order valence-electron chi connectivity index (χ0n) is 9.93. The first-order chi connectivity index (χ1) is 8.38. The molecule has 0 aliphatic rings. The summed E-state index contributed by atoms with van der Waals surface area (Å²) in [6, 6.07) is 5.90. The molecule has 2 aromatic rings. The topological polar surface area (TPSA) is 54.8 Å². The van der Waals surface area contributed by atoms with E-state index in [9.17, 15) is 0 Å². The van der Waals surface area contributed by atoms with Crippen molar-refractivity contribution in [2.24, 2.45) is 0 Å². The van der Waals surface area contributed by atoms with Crippen LogP contribution in [0.25, 0.3) is 0 Å². The number of pyridine rings is 1. The summed E-state index contributed by atoms with van der Waals surface area (Å²) in [6.07, 6.45) is 6.61. The number of aryl methyl sites for hydroxylation is 1. The fraction of sp³-hybridized carbons (Fsp3) is 0.333. The predicted molar refractivity (Wildman–Crippen MR) is 69.1 cm³/mol. The molecule has 2 rings (SSSR count). The number of anilines is 2. The lowest BCUT2D eigenvalue weighted by molar-refractivity contribution is 0.592. The molecule has 0 spiro atoms. The van der Waals surface area contributed by atoms with Crippen molar-refractivity contribution in [2.45, 2.75) is 13.0 Å². The third-order valence-electron chi connectivity index (χ3n) is 2.47. The summed E-state index contributed by atoms with van der Waals surface area (Å²) in [7, 11) is 1.86. The number of hydrogen-bond donors (Lipinski definition) is 2. The second kappa shape index (κ2) is 5.89. The SMILES string of the molecule is CNc1cc(NCCCn2cccn2)ccn1. The molecule has 0 aliphatic heterocycles. The number of nitrogens with zero attached hydrogens (tertiary/aromatic N) is 3. The van der Waals surface area contributed by atoms with Crippen molar-refractivity contribution in [3.63, 3.8) is 0 Å². The highest BCUT2D eigenvalue weighted by molar-refractivity contribution is 5.51. The minimum atomic E-state index is 0.877. The summed E-state index contributed by atoms with van der Waals surface area (Å²) < 4.78 is 1.94. The molecule has 2 N–H and O–H groups in total. The molecular formula is C12H17N5. The van der Waals surface area contributed by atoms with E-state index in [1.807, 2.05) is 36.1 Å². The molecule has 0 bridgehead atoms. The van der Waals surface area contributed by atoms with Crippen LogP contribution in [0.3, 0.4) is 0 Å². The largest absolute Gasteiger partial charge is 0.385 e. The molecule has 2 aromatic heterocycles. The molecule has 5 nitrogen and oxygen atoms in total. The summed E-state index contributed by atoms with van der Waals surface area (Å²) in [5.74, 6) is 0.877. The van der Waals surface area contributed by atoms with E-state index in [-0.39, 0.29) is 0 Å². The van der Waals surface area contributed by atoms with Gasteiger partial charge in [0.15, 0.2) is 0 Å². The van der Waals surface area contributed by atoms with Crippen LogP contribution in [-0.2, 0) is 6.54 Å². The molecular weight excluding hydrogens is 214 g/mol. The van der Waals surface area contributed by atoms with E-state index in [2.05, 4.69) is 20.7 Å². The van der Waals surface area contributed by atoms with Gasteiger partial charge in [-0.2, -0.15) is 5.10 Å². The maximum atomic E-state index is 4.16. The lowest BCUT2D eigenvalue weighted by atomic mass is 10.3.